The molecule has 0 aliphatic carbocycles. The number of anilines is 1. The first-order valence-corrected chi connectivity index (χ1v) is 5.56. The first-order chi connectivity index (χ1) is 8.74. The second kappa shape index (κ2) is 4.14. The quantitative estimate of drug-likeness (QED) is 0.836. The van der Waals surface area contributed by atoms with E-state index >= 15 is 0 Å². The number of carbonyl (C=O) groups is 1. The molecule has 1 amide bonds. The van der Waals surface area contributed by atoms with E-state index in [1.54, 1.807) is 0 Å². The topological polar surface area (TPSA) is 38.3 Å². The Kier molecular flexibility index (Phi) is 2.48. The molecule has 2 aromatic carbocycles. The van der Waals surface area contributed by atoms with Crippen LogP contribution in [0, 0.1) is 5.82 Å². The maximum Gasteiger partial charge on any atom is 0.270 e. The second-order valence-corrected chi connectivity index (χ2v) is 4.04. The van der Waals surface area contributed by atoms with Gasteiger partial charge in [0.25, 0.3) is 5.91 Å². The fourth-order valence-electron chi connectivity index (χ4n) is 1.93. The summed E-state index contributed by atoms with van der Waals surface area (Å²) in [6, 6.07) is 13.2. The molecule has 1 atom stereocenters. The molecular weight excluding hydrogens is 233 g/mol. The Morgan fingerprint density at radius 2 is 1.89 bits per heavy atom. The standard InChI is InChI=1S/C14H10FNO2/c15-10-6-7-12-11(8-10)16-14(17)13(18-12)9-4-2-1-3-5-9/h1-8,13H,(H,16,17). The number of fused-ring (bicyclic) bond motifs is 1. The Morgan fingerprint density at radius 3 is 2.67 bits per heavy atom. The van der Waals surface area contributed by atoms with Crippen LogP contribution < -0.4 is 10.1 Å². The molecule has 2 aromatic rings. The van der Waals surface area contributed by atoms with Crippen LogP contribution in [0.3, 0.4) is 0 Å². The second-order valence-electron chi connectivity index (χ2n) is 4.04. The molecule has 90 valence electrons. The van der Waals surface area contributed by atoms with Crippen LogP contribution in [0.1, 0.15) is 11.7 Å². The Hall–Kier alpha value is -2.36. The van der Waals surface area contributed by atoms with Gasteiger partial charge in [-0.15, -0.1) is 0 Å². The number of rotatable bonds is 1. The van der Waals surface area contributed by atoms with E-state index in [2.05, 4.69) is 5.32 Å². The van der Waals surface area contributed by atoms with Crippen LogP contribution in [0.25, 0.3) is 0 Å². The number of carbonyl (C=O) groups excluding carboxylic acids is 1. The van der Waals surface area contributed by atoms with Crippen LogP contribution in [0.15, 0.2) is 48.5 Å². The highest BCUT2D eigenvalue weighted by atomic mass is 19.1. The molecule has 1 aliphatic heterocycles. The summed E-state index contributed by atoms with van der Waals surface area (Å²) in [6.07, 6.45) is -0.691. The summed E-state index contributed by atoms with van der Waals surface area (Å²) >= 11 is 0. The van der Waals surface area contributed by atoms with Crippen LogP contribution in [0.5, 0.6) is 5.75 Å². The van der Waals surface area contributed by atoms with Crippen LogP contribution in [-0.4, -0.2) is 5.91 Å². The normalized spacial score (nSPS) is 17.6. The molecule has 0 saturated carbocycles. The van der Waals surface area contributed by atoms with Crippen molar-refractivity contribution in [3.8, 4) is 5.75 Å². The molecule has 3 rings (SSSR count). The van der Waals surface area contributed by atoms with E-state index < -0.39 is 11.9 Å². The van der Waals surface area contributed by atoms with Gasteiger partial charge in [-0.25, -0.2) is 4.39 Å². The third-order valence-corrected chi connectivity index (χ3v) is 2.78. The van der Waals surface area contributed by atoms with Gasteiger partial charge in [0.15, 0.2) is 0 Å². The van der Waals surface area contributed by atoms with Gasteiger partial charge in [0.1, 0.15) is 11.6 Å². The molecule has 0 spiro atoms. The molecule has 0 fully saturated rings. The third-order valence-electron chi connectivity index (χ3n) is 2.78. The van der Waals surface area contributed by atoms with Crippen molar-refractivity contribution >= 4 is 11.6 Å². The molecular formula is C14H10FNO2. The minimum absolute atomic E-state index is 0.292. The summed E-state index contributed by atoms with van der Waals surface area (Å²) in [5.41, 5.74) is 1.14. The van der Waals surface area contributed by atoms with Crippen molar-refractivity contribution in [1.29, 1.82) is 0 Å². The first-order valence-electron chi connectivity index (χ1n) is 5.56. The minimum atomic E-state index is -0.691. The zero-order chi connectivity index (χ0) is 12.5. The number of halogens is 1. The monoisotopic (exact) mass is 243 g/mol. The van der Waals surface area contributed by atoms with E-state index in [1.165, 1.54) is 18.2 Å². The van der Waals surface area contributed by atoms with E-state index in [0.29, 0.717) is 11.4 Å². The number of amides is 1. The van der Waals surface area contributed by atoms with E-state index in [9.17, 15) is 9.18 Å². The van der Waals surface area contributed by atoms with Gasteiger partial charge < -0.3 is 10.1 Å². The van der Waals surface area contributed by atoms with E-state index in [1.807, 2.05) is 30.3 Å². The number of hydrogen-bond donors (Lipinski definition) is 1. The Balaban J connectivity index is 1.97. The van der Waals surface area contributed by atoms with Crippen molar-refractivity contribution in [2.24, 2.45) is 0 Å². The maximum absolute atomic E-state index is 13.0. The largest absolute Gasteiger partial charge is 0.474 e. The van der Waals surface area contributed by atoms with Crippen molar-refractivity contribution in [3.05, 3.63) is 59.9 Å². The Labute approximate surface area is 103 Å². The number of benzene rings is 2. The zero-order valence-electron chi connectivity index (χ0n) is 9.39. The van der Waals surface area contributed by atoms with Crippen molar-refractivity contribution in [3.63, 3.8) is 0 Å². The first kappa shape index (κ1) is 10.8. The maximum atomic E-state index is 13.0. The minimum Gasteiger partial charge on any atom is -0.474 e. The SMILES string of the molecule is O=C1Nc2cc(F)ccc2OC1c1ccccc1. The highest BCUT2D eigenvalue weighted by Crippen LogP contribution is 2.35. The predicted molar refractivity (Wildman–Crippen MR) is 64.8 cm³/mol. The highest BCUT2D eigenvalue weighted by Gasteiger charge is 2.29. The molecule has 1 aliphatic rings. The van der Waals surface area contributed by atoms with Crippen molar-refractivity contribution in [2.45, 2.75) is 6.10 Å². The zero-order valence-corrected chi connectivity index (χ0v) is 9.39. The molecule has 4 heteroatoms. The molecule has 1 N–H and O–H groups in total. The van der Waals surface area contributed by atoms with Gasteiger partial charge in [0, 0.05) is 11.6 Å². The predicted octanol–water partition coefficient (Wildman–Crippen LogP) is 2.90. The van der Waals surface area contributed by atoms with Gasteiger partial charge in [-0.1, -0.05) is 30.3 Å². The van der Waals surface area contributed by atoms with Crippen molar-refractivity contribution < 1.29 is 13.9 Å². The smallest absolute Gasteiger partial charge is 0.270 e. The summed E-state index contributed by atoms with van der Waals surface area (Å²) < 4.78 is 18.6. The summed E-state index contributed by atoms with van der Waals surface area (Å²) in [5, 5.41) is 2.65. The summed E-state index contributed by atoms with van der Waals surface area (Å²) in [7, 11) is 0. The van der Waals surface area contributed by atoms with Gasteiger partial charge in [-0.3, -0.25) is 4.79 Å². The molecule has 0 saturated heterocycles. The van der Waals surface area contributed by atoms with Gasteiger partial charge >= 0.3 is 0 Å². The summed E-state index contributed by atoms with van der Waals surface area (Å²) in [6.45, 7) is 0. The van der Waals surface area contributed by atoms with Crippen LogP contribution in [0.4, 0.5) is 10.1 Å². The summed E-state index contributed by atoms with van der Waals surface area (Å²) in [4.78, 5) is 11.9. The fraction of sp³-hybridized carbons (Fsp3) is 0.0714. The molecule has 0 bridgehead atoms. The molecule has 1 heterocycles. The van der Waals surface area contributed by atoms with Crippen LogP contribution in [-0.2, 0) is 4.79 Å². The van der Waals surface area contributed by atoms with Crippen LogP contribution in [0.2, 0.25) is 0 Å². The molecule has 0 radical (unpaired) electrons. The lowest BCUT2D eigenvalue weighted by Gasteiger charge is -2.26. The van der Waals surface area contributed by atoms with E-state index in [-0.39, 0.29) is 5.91 Å². The van der Waals surface area contributed by atoms with Crippen LogP contribution >= 0.6 is 0 Å². The third kappa shape index (κ3) is 1.82. The number of nitrogens with one attached hydrogen (secondary N) is 1. The molecule has 1 unspecified atom stereocenters. The molecule has 3 nitrogen and oxygen atoms in total. The van der Waals surface area contributed by atoms with Gasteiger partial charge in [-0.2, -0.15) is 0 Å². The summed E-state index contributed by atoms with van der Waals surface area (Å²) in [5.74, 6) is -0.222. The van der Waals surface area contributed by atoms with Gasteiger partial charge in [-0.05, 0) is 12.1 Å². The average molecular weight is 243 g/mol. The fourth-order valence-corrected chi connectivity index (χ4v) is 1.93. The lowest BCUT2D eigenvalue weighted by atomic mass is 10.1. The molecule has 18 heavy (non-hydrogen) atoms. The highest BCUT2D eigenvalue weighted by molar-refractivity contribution is 5.98. The van der Waals surface area contributed by atoms with Crippen molar-refractivity contribution in [2.75, 3.05) is 5.32 Å². The van der Waals surface area contributed by atoms with Crippen molar-refractivity contribution in [1.82, 2.24) is 0 Å². The van der Waals surface area contributed by atoms with E-state index in [4.69, 9.17) is 4.74 Å². The number of hydrogen-bond acceptors (Lipinski definition) is 2. The average Bonchev–Trinajstić information content (AvgIpc) is 2.39. The van der Waals surface area contributed by atoms with E-state index in [0.717, 1.165) is 5.56 Å². The molecule has 0 aromatic heterocycles. The van der Waals surface area contributed by atoms with Gasteiger partial charge in [0.05, 0.1) is 5.69 Å². The number of ether oxygens (including phenoxy) is 1. The Bertz CT molecular complexity index is 598. The Morgan fingerprint density at radius 1 is 1.11 bits per heavy atom. The lowest BCUT2D eigenvalue weighted by Crippen LogP contribution is -2.30. The lowest BCUT2D eigenvalue weighted by molar-refractivity contribution is -0.123. The van der Waals surface area contributed by atoms with Gasteiger partial charge in [0.2, 0.25) is 6.10 Å².